The maximum atomic E-state index is 5.66. The van der Waals surface area contributed by atoms with Crippen LogP contribution < -0.4 is 0 Å². The average molecular weight is 292 g/mol. The van der Waals surface area contributed by atoms with Crippen molar-refractivity contribution in [3.8, 4) is 0 Å². The molecule has 3 nitrogen and oxygen atoms in total. The first kappa shape index (κ1) is 14.2. The maximum absolute atomic E-state index is 5.66. The quantitative estimate of drug-likeness (QED) is 0.577. The molecule has 2 saturated carbocycles. The van der Waals surface area contributed by atoms with Gasteiger partial charge in [-0.15, -0.1) is 6.58 Å². The Morgan fingerprint density at radius 1 is 1.05 bits per heavy atom. The van der Waals surface area contributed by atoms with E-state index in [9.17, 15) is 0 Å². The average Bonchev–Trinajstić information content (AvgIpc) is 3.35. The third-order valence-electron chi connectivity index (χ3n) is 6.31. The molecule has 0 aromatic carbocycles. The summed E-state index contributed by atoms with van der Waals surface area (Å²) in [6, 6.07) is 0. The van der Waals surface area contributed by atoms with Gasteiger partial charge in [0.15, 0.2) is 0 Å². The second kappa shape index (κ2) is 4.81. The Bertz CT molecular complexity index is 430. The van der Waals surface area contributed by atoms with Gasteiger partial charge in [-0.05, 0) is 64.2 Å². The normalized spacial score (nSPS) is 56.2. The molecule has 0 spiro atoms. The van der Waals surface area contributed by atoms with Gasteiger partial charge in [-0.25, -0.2) is 0 Å². The molecule has 118 valence electrons. The van der Waals surface area contributed by atoms with Crippen LogP contribution in [0.1, 0.15) is 52.4 Å². The van der Waals surface area contributed by atoms with Gasteiger partial charge in [-0.3, -0.25) is 0 Å². The van der Waals surface area contributed by atoms with Crippen LogP contribution in [-0.2, 0) is 14.2 Å². The van der Waals surface area contributed by atoms with E-state index in [-0.39, 0.29) is 11.2 Å². The standard InChI is InChI=1S/C10H16O2.C8H12O/c1-9-5-7(10(2)6-11-10)3-4-8(9)12-9;1-2-6-3-4-7-8(5-6)9-7/h7-8H,3-6H2,1-2H3;2,6-8H,1,3-5H2. The van der Waals surface area contributed by atoms with Gasteiger partial charge in [0.2, 0.25) is 0 Å². The van der Waals surface area contributed by atoms with E-state index in [4.69, 9.17) is 14.2 Å². The molecule has 7 unspecified atom stereocenters. The maximum Gasteiger partial charge on any atom is 0.0924 e. The highest BCUT2D eigenvalue weighted by molar-refractivity contribution is 5.09. The second-order valence-electron chi connectivity index (χ2n) is 8.02. The third-order valence-corrected chi connectivity index (χ3v) is 6.31. The number of hydrogen-bond donors (Lipinski definition) is 0. The summed E-state index contributed by atoms with van der Waals surface area (Å²) in [7, 11) is 0. The van der Waals surface area contributed by atoms with E-state index in [2.05, 4.69) is 26.5 Å². The summed E-state index contributed by atoms with van der Waals surface area (Å²) < 4.78 is 16.5. The fourth-order valence-electron chi connectivity index (χ4n) is 4.30. The molecule has 7 atom stereocenters. The molecule has 5 fully saturated rings. The van der Waals surface area contributed by atoms with Crippen molar-refractivity contribution in [1.29, 1.82) is 0 Å². The van der Waals surface area contributed by atoms with Gasteiger partial charge in [-0.2, -0.15) is 0 Å². The van der Waals surface area contributed by atoms with Crippen molar-refractivity contribution in [2.45, 2.75) is 81.9 Å². The molecule has 2 aliphatic carbocycles. The molecule has 5 aliphatic rings. The van der Waals surface area contributed by atoms with Crippen LogP contribution in [0.4, 0.5) is 0 Å². The molecular formula is C18H28O3. The van der Waals surface area contributed by atoms with Crippen LogP contribution in [0, 0.1) is 11.8 Å². The van der Waals surface area contributed by atoms with Crippen molar-refractivity contribution in [1.82, 2.24) is 0 Å². The van der Waals surface area contributed by atoms with E-state index in [1.807, 2.05) is 0 Å². The van der Waals surface area contributed by atoms with Crippen molar-refractivity contribution in [3.63, 3.8) is 0 Å². The molecule has 3 heteroatoms. The highest BCUT2D eigenvalue weighted by Crippen LogP contribution is 2.54. The molecule has 0 amide bonds. The van der Waals surface area contributed by atoms with Gasteiger partial charge in [0.25, 0.3) is 0 Å². The number of hydrogen-bond acceptors (Lipinski definition) is 3. The Balaban J connectivity index is 0.000000115. The number of epoxide rings is 3. The van der Waals surface area contributed by atoms with E-state index in [1.165, 1.54) is 38.5 Å². The van der Waals surface area contributed by atoms with Crippen molar-refractivity contribution >= 4 is 0 Å². The summed E-state index contributed by atoms with van der Waals surface area (Å²) in [5, 5.41) is 0. The van der Waals surface area contributed by atoms with E-state index in [0.29, 0.717) is 18.3 Å². The summed E-state index contributed by atoms with van der Waals surface area (Å²) >= 11 is 0. The summed E-state index contributed by atoms with van der Waals surface area (Å²) in [4.78, 5) is 0. The minimum absolute atomic E-state index is 0.222. The zero-order valence-electron chi connectivity index (χ0n) is 13.3. The summed E-state index contributed by atoms with van der Waals surface area (Å²) in [5.74, 6) is 1.50. The Hall–Kier alpha value is -0.380. The predicted octanol–water partition coefficient (Wildman–Crippen LogP) is 3.47. The van der Waals surface area contributed by atoms with Gasteiger partial charge < -0.3 is 14.2 Å². The summed E-state index contributed by atoms with van der Waals surface area (Å²) in [5.41, 5.74) is 0.456. The minimum Gasteiger partial charge on any atom is -0.370 e. The summed E-state index contributed by atoms with van der Waals surface area (Å²) in [6.07, 6.45) is 11.5. The SMILES string of the molecule is C=CC1CCC2OC2C1.CC1(C2CCC3OC3(C)C2)CO1. The van der Waals surface area contributed by atoms with Crippen LogP contribution in [0.3, 0.4) is 0 Å². The largest absolute Gasteiger partial charge is 0.370 e. The van der Waals surface area contributed by atoms with Gasteiger partial charge in [0.05, 0.1) is 36.1 Å². The molecule has 3 saturated heterocycles. The Kier molecular flexibility index (Phi) is 3.26. The van der Waals surface area contributed by atoms with Crippen molar-refractivity contribution in [2.75, 3.05) is 6.61 Å². The third kappa shape index (κ3) is 2.80. The van der Waals surface area contributed by atoms with Crippen LogP contribution in [0.5, 0.6) is 0 Å². The van der Waals surface area contributed by atoms with E-state index in [1.54, 1.807) is 0 Å². The molecular weight excluding hydrogens is 264 g/mol. The van der Waals surface area contributed by atoms with Gasteiger partial charge in [0, 0.05) is 0 Å². The Morgan fingerprint density at radius 3 is 2.48 bits per heavy atom. The predicted molar refractivity (Wildman–Crippen MR) is 81.2 cm³/mol. The van der Waals surface area contributed by atoms with E-state index in [0.717, 1.165) is 18.4 Å². The van der Waals surface area contributed by atoms with E-state index >= 15 is 0 Å². The number of allylic oxidation sites excluding steroid dienone is 1. The van der Waals surface area contributed by atoms with Gasteiger partial charge in [0.1, 0.15) is 0 Å². The van der Waals surface area contributed by atoms with Crippen LogP contribution in [-0.4, -0.2) is 36.1 Å². The lowest BCUT2D eigenvalue weighted by molar-refractivity contribution is 0.174. The van der Waals surface area contributed by atoms with Crippen LogP contribution in [0.2, 0.25) is 0 Å². The molecule has 0 aromatic rings. The fourth-order valence-corrected chi connectivity index (χ4v) is 4.30. The first-order valence-electron chi connectivity index (χ1n) is 8.62. The smallest absolute Gasteiger partial charge is 0.0924 e. The first-order chi connectivity index (χ1) is 10.0. The highest BCUT2D eigenvalue weighted by atomic mass is 16.6. The molecule has 3 heterocycles. The number of ether oxygens (including phenoxy) is 3. The molecule has 0 N–H and O–H groups in total. The zero-order chi connectivity index (χ0) is 14.7. The monoisotopic (exact) mass is 292 g/mol. The van der Waals surface area contributed by atoms with Crippen molar-refractivity contribution in [2.24, 2.45) is 11.8 Å². The van der Waals surface area contributed by atoms with Crippen molar-refractivity contribution < 1.29 is 14.2 Å². The van der Waals surface area contributed by atoms with Crippen LogP contribution in [0.15, 0.2) is 12.7 Å². The lowest BCUT2D eigenvalue weighted by Crippen LogP contribution is -2.31. The van der Waals surface area contributed by atoms with Crippen LogP contribution in [0.25, 0.3) is 0 Å². The Morgan fingerprint density at radius 2 is 1.86 bits per heavy atom. The zero-order valence-corrected chi connectivity index (χ0v) is 13.3. The van der Waals surface area contributed by atoms with Crippen LogP contribution >= 0.6 is 0 Å². The second-order valence-corrected chi connectivity index (χ2v) is 8.02. The molecule has 21 heavy (non-hydrogen) atoms. The molecule has 3 aliphatic heterocycles. The van der Waals surface area contributed by atoms with E-state index < -0.39 is 0 Å². The number of fused-ring (bicyclic) bond motifs is 2. The molecule has 0 aromatic heterocycles. The first-order valence-corrected chi connectivity index (χ1v) is 8.62. The lowest BCUT2D eigenvalue weighted by Gasteiger charge is -2.26. The highest BCUT2D eigenvalue weighted by Gasteiger charge is 2.60. The van der Waals surface area contributed by atoms with Gasteiger partial charge in [-0.1, -0.05) is 6.08 Å². The lowest BCUT2D eigenvalue weighted by atomic mass is 9.76. The molecule has 0 bridgehead atoms. The number of rotatable bonds is 2. The van der Waals surface area contributed by atoms with Crippen molar-refractivity contribution in [3.05, 3.63) is 12.7 Å². The topological polar surface area (TPSA) is 37.6 Å². The summed E-state index contributed by atoms with van der Waals surface area (Å²) in [6.45, 7) is 9.24. The van der Waals surface area contributed by atoms with Gasteiger partial charge >= 0.3 is 0 Å². The fraction of sp³-hybridized carbons (Fsp3) is 0.889. The Labute approximate surface area is 128 Å². The minimum atomic E-state index is 0.222. The molecule has 0 radical (unpaired) electrons. The molecule has 5 rings (SSSR count).